The number of hydrogen-bond acceptors (Lipinski definition) is 3. The topological polar surface area (TPSA) is 50.4 Å². The summed E-state index contributed by atoms with van der Waals surface area (Å²) in [5, 5.41) is 15.0. The predicted octanol–water partition coefficient (Wildman–Crippen LogP) is 0.991. The Hall–Kier alpha value is -0.840. The van der Waals surface area contributed by atoms with E-state index < -0.39 is 0 Å². The monoisotopic (exact) mass is 203 g/mol. The second-order valence-electron chi connectivity index (χ2n) is 1.78. The average molecular weight is 204 g/mol. The van der Waals surface area contributed by atoms with Gasteiger partial charge in [-0.15, -0.1) is 0 Å². The molecule has 0 unspecified atom stereocenters. The molecule has 1 rings (SSSR count). The van der Waals surface area contributed by atoms with E-state index in [-0.39, 0.29) is 0 Å². The van der Waals surface area contributed by atoms with Gasteiger partial charge >= 0.3 is 0 Å². The van der Waals surface area contributed by atoms with E-state index >= 15 is 0 Å². The van der Waals surface area contributed by atoms with Gasteiger partial charge in [-0.3, -0.25) is 4.68 Å². The highest BCUT2D eigenvalue weighted by Crippen LogP contribution is 2.11. The summed E-state index contributed by atoms with van der Waals surface area (Å²) in [5.74, 6) is 0. The zero-order valence-corrected chi connectivity index (χ0v) is 6.91. The lowest BCUT2D eigenvalue weighted by Crippen LogP contribution is -1.89. The van der Waals surface area contributed by atoms with Crippen molar-refractivity contribution in [1.29, 1.82) is 0 Å². The molecule has 1 aromatic rings. The molecular formula is C5H6BrN3O. The summed E-state index contributed by atoms with van der Waals surface area (Å²) in [6, 6.07) is 0. The molecule has 5 heteroatoms. The van der Waals surface area contributed by atoms with Crippen molar-refractivity contribution in [2.75, 3.05) is 0 Å². The zero-order valence-electron chi connectivity index (χ0n) is 5.32. The van der Waals surface area contributed by atoms with Crippen LogP contribution >= 0.6 is 15.9 Å². The van der Waals surface area contributed by atoms with Gasteiger partial charge in [0.25, 0.3) is 0 Å². The maximum absolute atomic E-state index is 8.15. The first-order valence-electron chi connectivity index (χ1n) is 2.60. The lowest BCUT2D eigenvalue weighted by molar-refractivity contribution is 0.321. The Morgan fingerprint density at radius 1 is 1.90 bits per heavy atom. The number of aryl methyl sites for hydroxylation is 1. The van der Waals surface area contributed by atoms with Crippen LogP contribution in [0.3, 0.4) is 0 Å². The van der Waals surface area contributed by atoms with Crippen LogP contribution < -0.4 is 0 Å². The van der Waals surface area contributed by atoms with Crippen molar-refractivity contribution in [2.24, 2.45) is 12.2 Å². The van der Waals surface area contributed by atoms with Crippen molar-refractivity contribution in [3.05, 3.63) is 16.4 Å². The Balaban J connectivity index is 3.03. The lowest BCUT2D eigenvalue weighted by atomic mass is 10.5. The van der Waals surface area contributed by atoms with Crippen LogP contribution in [0.4, 0.5) is 0 Å². The number of oxime groups is 1. The largest absolute Gasteiger partial charge is 0.411 e. The highest BCUT2D eigenvalue weighted by molar-refractivity contribution is 9.10. The summed E-state index contributed by atoms with van der Waals surface area (Å²) in [5.41, 5.74) is 0.616. The van der Waals surface area contributed by atoms with Gasteiger partial charge in [0.2, 0.25) is 0 Å². The van der Waals surface area contributed by atoms with Gasteiger partial charge in [0.1, 0.15) is 5.69 Å². The third-order valence-electron chi connectivity index (χ3n) is 0.990. The molecule has 1 aromatic heterocycles. The summed E-state index contributed by atoms with van der Waals surface area (Å²) < 4.78 is 2.44. The minimum absolute atomic E-state index is 0.616. The van der Waals surface area contributed by atoms with Crippen molar-refractivity contribution in [3.8, 4) is 0 Å². The molecule has 0 saturated heterocycles. The van der Waals surface area contributed by atoms with Gasteiger partial charge in [-0.2, -0.15) is 5.10 Å². The van der Waals surface area contributed by atoms with Crippen LogP contribution in [0.2, 0.25) is 0 Å². The van der Waals surface area contributed by atoms with E-state index in [0.717, 1.165) is 4.47 Å². The summed E-state index contributed by atoms with van der Waals surface area (Å²) >= 11 is 3.23. The number of hydrogen-bond donors (Lipinski definition) is 1. The second-order valence-corrected chi connectivity index (χ2v) is 2.63. The van der Waals surface area contributed by atoms with Crippen LogP contribution in [0.1, 0.15) is 5.69 Å². The number of aromatic nitrogens is 2. The van der Waals surface area contributed by atoms with Crippen LogP contribution in [0.5, 0.6) is 0 Å². The molecule has 0 aliphatic rings. The second kappa shape index (κ2) is 2.83. The van der Waals surface area contributed by atoms with Crippen LogP contribution in [0, 0.1) is 0 Å². The fourth-order valence-corrected chi connectivity index (χ4v) is 1.10. The van der Waals surface area contributed by atoms with Gasteiger partial charge in [-0.1, -0.05) is 5.16 Å². The quantitative estimate of drug-likeness (QED) is 0.421. The fourth-order valence-electron chi connectivity index (χ4n) is 0.619. The molecule has 1 N–H and O–H groups in total. The Morgan fingerprint density at radius 3 is 3.00 bits per heavy atom. The van der Waals surface area contributed by atoms with E-state index in [2.05, 4.69) is 26.2 Å². The molecule has 0 saturated carbocycles. The maximum atomic E-state index is 8.15. The number of rotatable bonds is 1. The highest BCUT2D eigenvalue weighted by Gasteiger charge is 1.99. The molecule has 0 amide bonds. The first-order valence-corrected chi connectivity index (χ1v) is 3.40. The molecule has 10 heavy (non-hydrogen) atoms. The van der Waals surface area contributed by atoms with Crippen molar-refractivity contribution >= 4 is 22.1 Å². The van der Waals surface area contributed by atoms with Crippen molar-refractivity contribution in [3.63, 3.8) is 0 Å². The molecule has 0 spiro atoms. The Labute approximate surface area is 66.3 Å². The Kier molecular flexibility index (Phi) is 2.06. The van der Waals surface area contributed by atoms with E-state index in [1.165, 1.54) is 6.21 Å². The van der Waals surface area contributed by atoms with Gasteiger partial charge < -0.3 is 5.21 Å². The lowest BCUT2D eigenvalue weighted by Gasteiger charge is -1.81. The molecule has 0 bridgehead atoms. The van der Waals surface area contributed by atoms with E-state index in [9.17, 15) is 0 Å². The Morgan fingerprint density at radius 2 is 2.60 bits per heavy atom. The van der Waals surface area contributed by atoms with Crippen LogP contribution in [0.15, 0.2) is 15.8 Å². The molecular weight excluding hydrogens is 198 g/mol. The van der Waals surface area contributed by atoms with Crippen LogP contribution in [-0.2, 0) is 7.05 Å². The van der Waals surface area contributed by atoms with Gasteiger partial charge in [-0.25, -0.2) is 0 Å². The summed E-state index contributed by atoms with van der Waals surface area (Å²) in [4.78, 5) is 0. The van der Waals surface area contributed by atoms with Crippen molar-refractivity contribution < 1.29 is 5.21 Å². The molecule has 54 valence electrons. The first-order chi connectivity index (χ1) is 4.74. The van der Waals surface area contributed by atoms with Gasteiger partial charge in [-0.05, 0) is 15.9 Å². The summed E-state index contributed by atoms with van der Waals surface area (Å²) in [7, 11) is 1.79. The standard InChI is InChI=1S/C5H6BrN3O/c1-9-3-4(6)5(8-9)2-7-10/h2-3,10H,1H3/b7-2-. The Bertz CT molecular complexity index is 255. The summed E-state index contributed by atoms with van der Waals surface area (Å²) in [6.07, 6.45) is 3.04. The molecule has 0 aliphatic heterocycles. The molecule has 0 aliphatic carbocycles. The fraction of sp³-hybridized carbons (Fsp3) is 0.200. The minimum Gasteiger partial charge on any atom is -0.411 e. The van der Waals surface area contributed by atoms with E-state index in [1.54, 1.807) is 17.9 Å². The van der Waals surface area contributed by atoms with Gasteiger partial charge in [0.15, 0.2) is 0 Å². The van der Waals surface area contributed by atoms with Crippen LogP contribution in [-0.4, -0.2) is 21.2 Å². The van der Waals surface area contributed by atoms with Gasteiger partial charge in [0.05, 0.1) is 10.7 Å². The third kappa shape index (κ3) is 1.36. The third-order valence-corrected chi connectivity index (χ3v) is 1.60. The minimum atomic E-state index is 0.616. The molecule has 0 atom stereocenters. The molecule has 4 nitrogen and oxygen atoms in total. The number of nitrogens with zero attached hydrogens (tertiary/aromatic N) is 3. The maximum Gasteiger partial charge on any atom is 0.121 e. The number of halogens is 1. The highest BCUT2D eigenvalue weighted by atomic mass is 79.9. The van der Waals surface area contributed by atoms with E-state index in [0.29, 0.717) is 5.69 Å². The SMILES string of the molecule is Cn1cc(Br)c(/C=N\O)n1. The van der Waals surface area contributed by atoms with E-state index in [4.69, 9.17) is 5.21 Å². The van der Waals surface area contributed by atoms with E-state index in [1.807, 2.05) is 0 Å². The van der Waals surface area contributed by atoms with Gasteiger partial charge in [0, 0.05) is 13.2 Å². The van der Waals surface area contributed by atoms with Crippen LogP contribution in [0.25, 0.3) is 0 Å². The van der Waals surface area contributed by atoms with Crippen molar-refractivity contribution in [1.82, 2.24) is 9.78 Å². The van der Waals surface area contributed by atoms with Crippen molar-refractivity contribution in [2.45, 2.75) is 0 Å². The molecule has 0 fully saturated rings. The first kappa shape index (κ1) is 7.27. The summed E-state index contributed by atoms with van der Waals surface area (Å²) in [6.45, 7) is 0. The molecule has 0 aromatic carbocycles. The average Bonchev–Trinajstić information content (AvgIpc) is 2.13. The predicted molar refractivity (Wildman–Crippen MR) is 40.3 cm³/mol. The molecule has 1 heterocycles. The smallest absolute Gasteiger partial charge is 0.121 e. The molecule has 0 radical (unpaired) electrons. The normalized spacial score (nSPS) is 11.0. The zero-order chi connectivity index (χ0) is 7.56.